The molecular weight excluding hydrogens is 718 g/mol. The van der Waals surface area contributed by atoms with Crippen LogP contribution in [0.15, 0.2) is 0 Å². The molecule has 0 aromatic heterocycles. The van der Waals surface area contributed by atoms with Gasteiger partial charge in [-0.05, 0) is 83.1 Å². The highest BCUT2D eigenvalue weighted by molar-refractivity contribution is 5.25. The summed E-state index contributed by atoms with van der Waals surface area (Å²) in [6, 6.07) is 0. The van der Waals surface area contributed by atoms with E-state index in [4.69, 9.17) is 50.4 Å². The predicted molar refractivity (Wildman–Crippen MR) is 205 cm³/mol. The largest absolute Gasteiger partial charge is 0.393 e. The van der Waals surface area contributed by atoms with Crippen molar-refractivity contribution in [3.8, 4) is 0 Å². The Morgan fingerprint density at radius 1 is 0.473 bits per heavy atom. The lowest BCUT2D eigenvalue weighted by Gasteiger charge is -2.68. The fourth-order valence-electron chi connectivity index (χ4n) is 9.99. The van der Waals surface area contributed by atoms with E-state index in [2.05, 4.69) is 0 Å². The van der Waals surface area contributed by atoms with Crippen molar-refractivity contribution < 1.29 is 63.8 Å². The van der Waals surface area contributed by atoms with E-state index in [9.17, 15) is 30.6 Å². The zero-order valence-corrected chi connectivity index (χ0v) is 36.3. The van der Waals surface area contributed by atoms with Crippen LogP contribution in [0.3, 0.4) is 0 Å². The van der Waals surface area contributed by atoms with E-state index in [1.165, 1.54) is 14.2 Å². The van der Waals surface area contributed by atoms with Crippen LogP contribution in [0.25, 0.3) is 0 Å². The Labute approximate surface area is 328 Å². The number of methoxy groups -OCH3 is 2. The average molecular weight is 796 g/mol. The summed E-state index contributed by atoms with van der Waals surface area (Å²) in [7, 11) is 3.00. The standard InChI is InChI=1S/C39H77N3O13/c1-27(18-43)25(34(8,46)36(10,40)31(5,53-27)22-50-15)16-51-23-32(6)37(11,41)35(9,47)26(28(2,19-44)54-32)17-52-24-33(7)38(12,42)39(13,48)29(3,21-49-14)30(4,20-45)55-33/h25-26,43-48H,16-24,40-42H2,1-15H3/t25-,26-,27?,28?,29+,30?,31-,32-,33-,34+,35+,36?,37?,38?,39+/m0/s1. The minimum atomic E-state index is -1.76. The van der Waals surface area contributed by atoms with Gasteiger partial charge in [-0.2, -0.15) is 0 Å². The van der Waals surface area contributed by atoms with Crippen LogP contribution in [0.4, 0.5) is 0 Å². The molecule has 6 unspecified atom stereocenters. The second kappa shape index (κ2) is 14.8. The molecule has 0 saturated carbocycles. The lowest BCUT2D eigenvalue weighted by atomic mass is 9.51. The Morgan fingerprint density at radius 2 is 0.818 bits per heavy atom. The first-order valence-electron chi connectivity index (χ1n) is 19.2. The molecule has 3 aliphatic heterocycles. The van der Waals surface area contributed by atoms with Crippen molar-refractivity contribution in [2.75, 3.05) is 73.7 Å². The second-order valence-electron chi connectivity index (χ2n) is 19.6. The van der Waals surface area contributed by atoms with Crippen molar-refractivity contribution in [2.45, 2.75) is 157 Å². The van der Waals surface area contributed by atoms with Crippen LogP contribution >= 0.6 is 0 Å². The minimum absolute atomic E-state index is 0.0458. The van der Waals surface area contributed by atoms with E-state index in [1.807, 2.05) is 0 Å². The summed E-state index contributed by atoms with van der Waals surface area (Å²) in [6.07, 6.45) is 0. The van der Waals surface area contributed by atoms with Gasteiger partial charge in [0.1, 0.15) is 16.8 Å². The van der Waals surface area contributed by atoms with Gasteiger partial charge in [-0.25, -0.2) is 0 Å². The van der Waals surface area contributed by atoms with Gasteiger partial charge in [0.15, 0.2) is 0 Å². The molecule has 3 heterocycles. The van der Waals surface area contributed by atoms with Crippen LogP contribution < -0.4 is 17.2 Å². The quantitative estimate of drug-likeness (QED) is 0.102. The van der Waals surface area contributed by atoms with Crippen molar-refractivity contribution in [1.29, 1.82) is 0 Å². The molecule has 0 bridgehead atoms. The lowest BCUT2D eigenvalue weighted by molar-refractivity contribution is -0.362. The Morgan fingerprint density at radius 3 is 1.15 bits per heavy atom. The first-order valence-corrected chi connectivity index (χ1v) is 19.2. The van der Waals surface area contributed by atoms with Crippen molar-refractivity contribution in [3.05, 3.63) is 0 Å². The molecule has 3 rings (SSSR count). The van der Waals surface area contributed by atoms with Crippen LogP contribution in [-0.4, -0.2) is 171 Å². The highest BCUT2D eigenvalue weighted by atomic mass is 16.6. The summed E-state index contributed by atoms with van der Waals surface area (Å²) >= 11 is 0. The second-order valence-corrected chi connectivity index (χ2v) is 19.6. The first-order chi connectivity index (χ1) is 24.6. The van der Waals surface area contributed by atoms with Crippen molar-refractivity contribution >= 4 is 0 Å². The summed E-state index contributed by atoms with van der Waals surface area (Å²) in [5.74, 6) is -1.76. The number of rotatable bonds is 15. The smallest absolute Gasteiger partial charge is 0.110 e. The molecule has 55 heavy (non-hydrogen) atoms. The van der Waals surface area contributed by atoms with Gasteiger partial charge in [-0.1, -0.05) is 6.92 Å². The maximum Gasteiger partial charge on any atom is 0.110 e. The number of nitrogens with two attached hydrogens (primary N) is 3. The van der Waals surface area contributed by atoms with Gasteiger partial charge in [0.05, 0.1) is 115 Å². The first kappa shape index (κ1) is 48.7. The predicted octanol–water partition coefficient (Wildman–Crippen LogP) is -0.424. The third-order valence-corrected chi connectivity index (χ3v) is 16.0. The maximum atomic E-state index is 12.4. The summed E-state index contributed by atoms with van der Waals surface area (Å²) in [4.78, 5) is 0. The summed E-state index contributed by atoms with van der Waals surface area (Å²) in [5.41, 5.74) is 2.24. The monoisotopic (exact) mass is 796 g/mol. The van der Waals surface area contributed by atoms with Crippen molar-refractivity contribution in [1.82, 2.24) is 0 Å². The molecule has 0 aromatic carbocycles. The van der Waals surface area contributed by atoms with Crippen molar-refractivity contribution in [2.24, 2.45) is 34.5 Å². The van der Waals surface area contributed by atoms with Gasteiger partial charge in [0.25, 0.3) is 0 Å². The summed E-state index contributed by atoms with van der Waals surface area (Å²) in [6.45, 7) is 19.6. The molecule has 326 valence electrons. The molecule has 0 aromatic rings. The Bertz CT molecular complexity index is 1360. The highest BCUT2D eigenvalue weighted by Crippen LogP contribution is 2.58. The Hall–Kier alpha value is -0.640. The molecule has 0 aliphatic carbocycles. The van der Waals surface area contributed by atoms with E-state index >= 15 is 0 Å². The molecule has 16 nitrogen and oxygen atoms in total. The zero-order valence-electron chi connectivity index (χ0n) is 36.3. The highest BCUT2D eigenvalue weighted by Gasteiger charge is 2.74. The van der Waals surface area contributed by atoms with Gasteiger partial charge < -0.3 is 81.0 Å². The van der Waals surface area contributed by atoms with Crippen LogP contribution in [0.2, 0.25) is 0 Å². The Balaban J connectivity index is 1.89. The maximum absolute atomic E-state index is 12.4. The van der Waals surface area contributed by atoms with E-state index in [-0.39, 0.29) is 39.6 Å². The summed E-state index contributed by atoms with van der Waals surface area (Å²) in [5, 5.41) is 68.6. The average Bonchev–Trinajstić information content (AvgIpc) is 3.06. The SMILES string of the molecule is COC[C@]1(C)OC(C)(CO)[C@H](COC[C@]2(C)OC(C)(CO)[C@H](COC[C@]3(C)OC(C)(CO)[C@@](C)(COC)[C@@](C)(O)C3(C)N)[C@@](C)(O)C2(C)N)[C@@](C)(O)C1(C)N. The van der Waals surface area contributed by atoms with Gasteiger partial charge in [0, 0.05) is 26.1 Å². The molecule has 16 heteroatoms. The summed E-state index contributed by atoms with van der Waals surface area (Å²) < 4.78 is 43.2. The van der Waals surface area contributed by atoms with Gasteiger partial charge >= 0.3 is 0 Å². The fourth-order valence-corrected chi connectivity index (χ4v) is 9.99. The van der Waals surface area contributed by atoms with E-state index < -0.39 is 104 Å². The molecule has 0 spiro atoms. The molecular formula is C39H77N3O13. The molecule has 0 amide bonds. The lowest BCUT2D eigenvalue weighted by Crippen LogP contribution is -2.85. The third kappa shape index (κ3) is 6.75. The number of aliphatic hydroxyl groups excluding tert-OH is 3. The number of hydrogen-bond donors (Lipinski definition) is 9. The van der Waals surface area contributed by atoms with Crippen LogP contribution in [0, 0.1) is 17.3 Å². The molecule has 3 saturated heterocycles. The Kier molecular flexibility index (Phi) is 13.1. The number of aliphatic hydroxyl groups is 6. The van der Waals surface area contributed by atoms with Crippen molar-refractivity contribution in [3.63, 3.8) is 0 Å². The van der Waals surface area contributed by atoms with Crippen LogP contribution in [0.1, 0.15) is 90.0 Å². The zero-order chi connectivity index (χ0) is 43.0. The van der Waals surface area contributed by atoms with Gasteiger partial charge in [-0.3, -0.25) is 0 Å². The fraction of sp³-hybridized carbons (Fsp3) is 1.00. The molecule has 0 radical (unpaired) electrons. The third-order valence-electron chi connectivity index (χ3n) is 16.0. The molecule has 3 aliphatic rings. The number of ether oxygens (including phenoxy) is 7. The molecule has 15 atom stereocenters. The molecule has 3 fully saturated rings. The molecule has 12 N–H and O–H groups in total. The van der Waals surface area contributed by atoms with Gasteiger partial charge in [0.2, 0.25) is 0 Å². The number of hydrogen-bond acceptors (Lipinski definition) is 16. The van der Waals surface area contributed by atoms with E-state index in [1.54, 1.807) is 90.0 Å². The van der Waals surface area contributed by atoms with E-state index in [0.717, 1.165) is 0 Å². The topological polar surface area (TPSA) is 264 Å². The van der Waals surface area contributed by atoms with Crippen LogP contribution in [0.5, 0.6) is 0 Å². The normalized spacial score (nSPS) is 54.8. The van der Waals surface area contributed by atoms with E-state index in [0.29, 0.717) is 0 Å². The van der Waals surface area contributed by atoms with Gasteiger partial charge in [-0.15, -0.1) is 0 Å². The minimum Gasteiger partial charge on any atom is -0.393 e. The van der Waals surface area contributed by atoms with Crippen LogP contribution in [-0.2, 0) is 33.2 Å².